The lowest BCUT2D eigenvalue weighted by molar-refractivity contribution is -0.111. The van der Waals surface area contributed by atoms with Gasteiger partial charge in [-0.25, -0.2) is 0 Å². The van der Waals surface area contributed by atoms with E-state index < -0.39 is 0 Å². The van der Waals surface area contributed by atoms with E-state index in [1.165, 1.54) is 6.08 Å². The van der Waals surface area contributed by atoms with Crippen LogP contribution in [0.1, 0.15) is 5.56 Å². The van der Waals surface area contributed by atoms with Crippen LogP contribution in [0.4, 0.5) is 5.69 Å². The van der Waals surface area contributed by atoms with Crippen molar-refractivity contribution in [2.24, 2.45) is 0 Å². The van der Waals surface area contributed by atoms with E-state index in [1.54, 1.807) is 31.4 Å². The van der Waals surface area contributed by atoms with Crippen molar-refractivity contribution < 1.29 is 19.0 Å². The average Bonchev–Trinajstić information content (AvgIpc) is 3.01. The summed E-state index contributed by atoms with van der Waals surface area (Å²) < 4.78 is 15.6. The molecule has 5 nitrogen and oxygen atoms in total. The molecule has 5 heteroatoms. The Labute approximate surface area is 128 Å². The monoisotopic (exact) mass is 297 g/mol. The van der Waals surface area contributed by atoms with E-state index in [9.17, 15) is 4.79 Å². The van der Waals surface area contributed by atoms with Crippen molar-refractivity contribution in [1.82, 2.24) is 0 Å². The van der Waals surface area contributed by atoms with Crippen LogP contribution in [0.2, 0.25) is 0 Å². The van der Waals surface area contributed by atoms with Gasteiger partial charge in [0.05, 0.1) is 7.11 Å². The van der Waals surface area contributed by atoms with E-state index in [4.69, 9.17) is 14.2 Å². The number of anilines is 1. The van der Waals surface area contributed by atoms with E-state index in [1.807, 2.05) is 24.3 Å². The highest BCUT2D eigenvalue weighted by Crippen LogP contribution is 2.34. The molecule has 1 heterocycles. The lowest BCUT2D eigenvalue weighted by atomic mass is 10.2. The number of methoxy groups -OCH3 is 1. The van der Waals surface area contributed by atoms with Crippen molar-refractivity contribution in [3.8, 4) is 17.2 Å². The Hall–Kier alpha value is -2.95. The first kappa shape index (κ1) is 14.0. The van der Waals surface area contributed by atoms with Crippen molar-refractivity contribution in [3.63, 3.8) is 0 Å². The van der Waals surface area contributed by atoms with Crippen molar-refractivity contribution in [2.45, 2.75) is 0 Å². The van der Waals surface area contributed by atoms with Crippen LogP contribution in [0.15, 0.2) is 48.5 Å². The molecule has 0 atom stereocenters. The second kappa shape index (κ2) is 6.22. The average molecular weight is 297 g/mol. The van der Waals surface area contributed by atoms with Crippen LogP contribution < -0.4 is 19.5 Å². The molecule has 2 aromatic rings. The highest BCUT2D eigenvalue weighted by Gasteiger charge is 2.13. The number of hydrogen-bond acceptors (Lipinski definition) is 4. The van der Waals surface area contributed by atoms with Gasteiger partial charge in [0.1, 0.15) is 5.75 Å². The fourth-order valence-corrected chi connectivity index (χ4v) is 2.05. The Morgan fingerprint density at radius 1 is 1.14 bits per heavy atom. The number of ether oxygens (including phenoxy) is 3. The molecular weight excluding hydrogens is 282 g/mol. The van der Waals surface area contributed by atoms with Crippen molar-refractivity contribution in [2.75, 3.05) is 19.2 Å². The zero-order valence-electron chi connectivity index (χ0n) is 12.0. The third-order valence-corrected chi connectivity index (χ3v) is 3.18. The minimum Gasteiger partial charge on any atom is -0.497 e. The number of rotatable bonds is 4. The van der Waals surface area contributed by atoms with Crippen LogP contribution in [0, 0.1) is 0 Å². The quantitative estimate of drug-likeness (QED) is 0.881. The van der Waals surface area contributed by atoms with Crippen LogP contribution in [0.5, 0.6) is 17.2 Å². The van der Waals surface area contributed by atoms with Gasteiger partial charge in [0, 0.05) is 17.8 Å². The van der Waals surface area contributed by atoms with Crippen molar-refractivity contribution >= 4 is 17.7 Å². The van der Waals surface area contributed by atoms with Gasteiger partial charge < -0.3 is 19.5 Å². The molecule has 0 unspecified atom stereocenters. The number of nitrogens with one attached hydrogen (secondary N) is 1. The third kappa shape index (κ3) is 3.20. The number of hydrogen-bond donors (Lipinski definition) is 1. The molecule has 0 radical (unpaired) electrons. The maximum Gasteiger partial charge on any atom is 0.248 e. The van der Waals surface area contributed by atoms with Gasteiger partial charge in [-0.3, -0.25) is 4.79 Å². The van der Waals surface area contributed by atoms with E-state index in [-0.39, 0.29) is 12.7 Å². The summed E-state index contributed by atoms with van der Waals surface area (Å²) >= 11 is 0. The van der Waals surface area contributed by atoms with E-state index in [0.29, 0.717) is 17.2 Å². The zero-order chi connectivity index (χ0) is 15.4. The number of carbonyl (C=O) groups is 1. The van der Waals surface area contributed by atoms with Gasteiger partial charge in [0.25, 0.3) is 0 Å². The maximum absolute atomic E-state index is 11.9. The zero-order valence-corrected chi connectivity index (χ0v) is 12.0. The van der Waals surface area contributed by atoms with Crippen LogP contribution >= 0.6 is 0 Å². The number of fused-ring (bicyclic) bond motifs is 1. The van der Waals surface area contributed by atoms with E-state index >= 15 is 0 Å². The molecule has 3 rings (SSSR count). The molecule has 0 spiro atoms. The Kier molecular flexibility index (Phi) is 3.96. The number of benzene rings is 2. The van der Waals surface area contributed by atoms with E-state index in [2.05, 4.69) is 5.32 Å². The Bertz CT molecular complexity index is 707. The second-order valence-electron chi connectivity index (χ2n) is 4.66. The Balaban J connectivity index is 1.63. The van der Waals surface area contributed by atoms with Crippen LogP contribution in [-0.4, -0.2) is 19.8 Å². The molecule has 1 N–H and O–H groups in total. The van der Waals surface area contributed by atoms with Crippen molar-refractivity contribution in [3.05, 3.63) is 54.1 Å². The van der Waals surface area contributed by atoms with Gasteiger partial charge in [-0.05, 0) is 35.9 Å². The molecule has 1 aliphatic rings. The first-order valence-corrected chi connectivity index (χ1v) is 6.77. The lowest BCUT2D eigenvalue weighted by Crippen LogP contribution is -2.07. The van der Waals surface area contributed by atoms with Crippen molar-refractivity contribution in [1.29, 1.82) is 0 Å². The van der Waals surface area contributed by atoms with Gasteiger partial charge in [0.15, 0.2) is 11.5 Å². The van der Waals surface area contributed by atoms with E-state index in [0.717, 1.165) is 11.3 Å². The number of amides is 1. The largest absolute Gasteiger partial charge is 0.497 e. The molecule has 0 saturated heterocycles. The van der Waals surface area contributed by atoms with Gasteiger partial charge in [0.2, 0.25) is 12.7 Å². The van der Waals surface area contributed by atoms with Gasteiger partial charge in [-0.2, -0.15) is 0 Å². The smallest absolute Gasteiger partial charge is 0.248 e. The topological polar surface area (TPSA) is 56.8 Å². The summed E-state index contributed by atoms with van der Waals surface area (Å²) in [5, 5.41) is 2.78. The van der Waals surface area contributed by atoms with Crippen LogP contribution in [-0.2, 0) is 4.79 Å². The standard InChI is InChI=1S/C17H15NO4/c1-20-14-6-2-12(3-7-14)4-9-17(19)18-13-5-8-15-16(10-13)22-11-21-15/h2-10H,11H2,1H3,(H,18,19). The van der Waals surface area contributed by atoms with Crippen LogP contribution in [0.25, 0.3) is 6.08 Å². The molecule has 0 saturated carbocycles. The fourth-order valence-electron chi connectivity index (χ4n) is 2.05. The number of carbonyl (C=O) groups excluding carboxylic acids is 1. The summed E-state index contributed by atoms with van der Waals surface area (Å²) in [5.74, 6) is 1.89. The van der Waals surface area contributed by atoms with Crippen LogP contribution in [0.3, 0.4) is 0 Å². The summed E-state index contributed by atoms with van der Waals surface area (Å²) in [4.78, 5) is 11.9. The third-order valence-electron chi connectivity index (χ3n) is 3.18. The fraction of sp³-hybridized carbons (Fsp3) is 0.118. The molecular formula is C17H15NO4. The van der Waals surface area contributed by atoms with Gasteiger partial charge in [-0.15, -0.1) is 0 Å². The SMILES string of the molecule is COc1ccc(C=CC(=O)Nc2ccc3c(c2)OCO3)cc1. The second-order valence-corrected chi connectivity index (χ2v) is 4.66. The summed E-state index contributed by atoms with van der Waals surface area (Å²) in [6, 6.07) is 12.7. The predicted molar refractivity (Wildman–Crippen MR) is 83.2 cm³/mol. The molecule has 1 amide bonds. The molecule has 0 aliphatic carbocycles. The first-order chi connectivity index (χ1) is 10.7. The Morgan fingerprint density at radius 2 is 1.91 bits per heavy atom. The first-order valence-electron chi connectivity index (χ1n) is 6.77. The van der Waals surface area contributed by atoms with Gasteiger partial charge in [-0.1, -0.05) is 12.1 Å². The van der Waals surface area contributed by atoms with Gasteiger partial charge >= 0.3 is 0 Å². The minimum absolute atomic E-state index is 0.212. The predicted octanol–water partition coefficient (Wildman–Crippen LogP) is 3.08. The highest BCUT2D eigenvalue weighted by atomic mass is 16.7. The highest BCUT2D eigenvalue weighted by molar-refractivity contribution is 6.02. The molecule has 0 aromatic heterocycles. The molecule has 0 fully saturated rings. The summed E-state index contributed by atoms with van der Waals surface area (Å²) in [5.41, 5.74) is 1.58. The Morgan fingerprint density at radius 3 is 2.68 bits per heavy atom. The molecule has 1 aliphatic heterocycles. The minimum atomic E-state index is -0.213. The normalized spacial score (nSPS) is 12.4. The molecule has 112 valence electrons. The summed E-state index contributed by atoms with van der Waals surface area (Å²) in [6.45, 7) is 0.212. The molecule has 2 aromatic carbocycles. The summed E-state index contributed by atoms with van der Waals surface area (Å²) in [7, 11) is 1.61. The maximum atomic E-state index is 11.9. The lowest BCUT2D eigenvalue weighted by Gasteiger charge is -2.03. The molecule has 22 heavy (non-hydrogen) atoms. The summed E-state index contributed by atoms with van der Waals surface area (Å²) in [6.07, 6.45) is 3.22. The molecule has 0 bridgehead atoms.